The van der Waals surface area contributed by atoms with E-state index < -0.39 is 5.95 Å². The van der Waals surface area contributed by atoms with Crippen LogP contribution in [0.2, 0.25) is 5.15 Å². The van der Waals surface area contributed by atoms with Crippen molar-refractivity contribution < 1.29 is 4.39 Å². The second kappa shape index (κ2) is 4.29. The van der Waals surface area contributed by atoms with Crippen LogP contribution >= 0.6 is 27.5 Å². The van der Waals surface area contributed by atoms with Crippen LogP contribution in [0.3, 0.4) is 0 Å². The lowest BCUT2D eigenvalue weighted by Crippen LogP contribution is -2.01. The summed E-state index contributed by atoms with van der Waals surface area (Å²) in [5.41, 5.74) is 0.726. The molecule has 0 aromatic carbocycles. The first-order valence-electron chi connectivity index (χ1n) is 4.97. The van der Waals surface area contributed by atoms with E-state index in [1.54, 1.807) is 30.6 Å². The zero-order chi connectivity index (χ0) is 12.7. The number of rotatable bonds is 1. The van der Waals surface area contributed by atoms with Crippen molar-refractivity contribution >= 4 is 38.4 Å². The van der Waals surface area contributed by atoms with Crippen LogP contribution in [0.15, 0.2) is 35.1 Å². The van der Waals surface area contributed by atoms with E-state index in [4.69, 9.17) is 11.6 Å². The minimum atomic E-state index is -0.587. The molecule has 3 rings (SSSR count). The van der Waals surface area contributed by atoms with Gasteiger partial charge in [0.1, 0.15) is 5.15 Å². The molecule has 0 aliphatic rings. The van der Waals surface area contributed by atoms with Crippen molar-refractivity contribution in [2.45, 2.75) is 0 Å². The van der Waals surface area contributed by atoms with Crippen LogP contribution in [-0.4, -0.2) is 19.7 Å². The van der Waals surface area contributed by atoms with Crippen molar-refractivity contribution in [3.63, 3.8) is 0 Å². The van der Waals surface area contributed by atoms with Gasteiger partial charge in [-0.25, -0.2) is 9.67 Å². The SMILES string of the molecule is Fc1nc(-n2ncc3cnc(Cl)cc32)ccc1Br. The van der Waals surface area contributed by atoms with Gasteiger partial charge in [0.25, 0.3) is 0 Å². The van der Waals surface area contributed by atoms with E-state index >= 15 is 0 Å². The summed E-state index contributed by atoms with van der Waals surface area (Å²) in [6.45, 7) is 0. The van der Waals surface area contributed by atoms with Crippen molar-refractivity contribution in [3.8, 4) is 5.82 Å². The third-order valence-corrected chi connectivity index (χ3v) is 3.22. The van der Waals surface area contributed by atoms with Gasteiger partial charge in [-0.1, -0.05) is 11.6 Å². The zero-order valence-electron chi connectivity index (χ0n) is 8.81. The fourth-order valence-corrected chi connectivity index (χ4v) is 1.98. The van der Waals surface area contributed by atoms with E-state index in [1.807, 2.05) is 0 Å². The molecule has 3 aromatic rings. The molecule has 0 fully saturated rings. The third kappa shape index (κ3) is 1.87. The van der Waals surface area contributed by atoms with Crippen LogP contribution in [0.1, 0.15) is 0 Å². The monoisotopic (exact) mass is 326 g/mol. The Labute approximate surface area is 115 Å². The first-order valence-corrected chi connectivity index (χ1v) is 6.14. The normalized spacial score (nSPS) is 11.1. The Balaban J connectivity index is 2.24. The van der Waals surface area contributed by atoms with E-state index in [1.165, 1.54) is 4.68 Å². The first kappa shape index (κ1) is 11.6. The summed E-state index contributed by atoms with van der Waals surface area (Å²) >= 11 is 8.89. The number of pyridine rings is 2. The summed E-state index contributed by atoms with van der Waals surface area (Å²) in [4.78, 5) is 7.77. The summed E-state index contributed by atoms with van der Waals surface area (Å²) < 4.78 is 15.2. The molecule has 0 bridgehead atoms. The van der Waals surface area contributed by atoms with E-state index in [-0.39, 0.29) is 0 Å². The quantitative estimate of drug-likeness (QED) is 0.644. The maximum Gasteiger partial charge on any atom is 0.229 e. The number of halogens is 3. The Bertz CT molecular complexity index is 743. The average Bonchev–Trinajstić information content (AvgIpc) is 2.75. The summed E-state index contributed by atoms with van der Waals surface area (Å²) in [5, 5.41) is 5.31. The molecule has 0 saturated heterocycles. The summed E-state index contributed by atoms with van der Waals surface area (Å²) in [6, 6.07) is 4.90. The molecule has 0 atom stereocenters. The van der Waals surface area contributed by atoms with E-state index in [2.05, 4.69) is 31.0 Å². The van der Waals surface area contributed by atoms with Crippen LogP contribution in [0.25, 0.3) is 16.7 Å². The Morgan fingerprint density at radius 3 is 2.89 bits per heavy atom. The molecular formula is C11H5BrClFN4. The van der Waals surface area contributed by atoms with Gasteiger partial charge in [0.05, 0.1) is 16.2 Å². The molecule has 0 radical (unpaired) electrons. The van der Waals surface area contributed by atoms with Gasteiger partial charge in [-0.05, 0) is 28.1 Å². The van der Waals surface area contributed by atoms with E-state index in [0.717, 1.165) is 10.9 Å². The minimum Gasteiger partial charge on any atom is -0.244 e. The summed E-state index contributed by atoms with van der Waals surface area (Å²) in [7, 11) is 0. The average molecular weight is 328 g/mol. The Morgan fingerprint density at radius 2 is 2.11 bits per heavy atom. The lowest BCUT2D eigenvalue weighted by atomic mass is 10.3. The van der Waals surface area contributed by atoms with Gasteiger partial charge in [-0.15, -0.1) is 0 Å². The molecule has 90 valence electrons. The molecule has 0 aliphatic carbocycles. The lowest BCUT2D eigenvalue weighted by molar-refractivity contribution is 0.571. The summed E-state index contributed by atoms with van der Waals surface area (Å²) in [6.07, 6.45) is 3.23. The second-order valence-electron chi connectivity index (χ2n) is 3.56. The number of fused-ring (bicyclic) bond motifs is 1. The van der Waals surface area contributed by atoms with Crippen molar-refractivity contribution in [2.75, 3.05) is 0 Å². The molecule has 3 aromatic heterocycles. The van der Waals surface area contributed by atoms with Gasteiger partial charge in [0, 0.05) is 17.6 Å². The van der Waals surface area contributed by atoms with Gasteiger partial charge >= 0.3 is 0 Å². The molecule has 7 heteroatoms. The van der Waals surface area contributed by atoms with Gasteiger partial charge in [0.15, 0.2) is 5.82 Å². The van der Waals surface area contributed by atoms with Gasteiger partial charge < -0.3 is 0 Å². The van der Waals surface area contributed by atoms with Crippen molar-refractivity contribution in [3.05, 3.63) is 46.2 Å². The Hall–Kier alpha value is -1.53. The highest BCUT2D eigenvalue weighted by molar-refractivity contribution is 9.10. The number of hydrogen-bond acceptors (Lipinski definition) is 3. The highest BCUT2D eigenvalue weighted by Crippen LogP contribution is 2.21. The van der Waals surface area contributed by atoms with Crippen LogP contribution in [0.4, 0.5) is 4.39 Å². The largest absolute Gasteiger partial charge is 0.244 e. The van der Waals surface area contributed by atoms with Crippen LogP contribution < -0.4 is 0 Å². The molecule has 0 amide bonds. The van der Waals surface area contributed by atoms with E-state index in [9.17, 15) is 4.39 Å². The number of hydrogen-bond donors (Lipinski definition) is 0. The second-order valence-corrected chi connectivity index (χ2v) is 4.81. The highest BCUT2D eigenvalue weighted by Gasteiger charge is 2.09. The van der Waals surface area contributed by atoms with Crippen molar-refractivity contribution in [2.24, 2.45) is 0 Å². The molecule has 0 N–H and O–H groups in total. The standard InChI is InChI=1S/C11H5BrClFN4/c12-7-1-2-10(17-11(7)14)18-8-3-9(13)15-4-6(8)5-16-18/h1-5H. The topological polar surface area (TPSA) is 43.6 Å². The molecule has 18 heavy (non-hydrogen) atoms. The predicted molar refractivity (Wildman–Crippen MR) is 69.3 cm³/mol. The van der Waals surface area contributed by atoms with E-state index in [0.29, 0.717) is 15.4 Å². The number of aromatic nitrogens is 4. The maximum atomic E-state index is 13.4. The summed E-state index contributed by atoms with van der Waals surface area (Å²) in [5.74, 6) is -0.204. The van der Waals surface area contributed by atoms with Crippen LogP contribution in [-0.2, 0) is 0 Å². The fourth-order valence-electron chi connectivity index (χ4n) is 1.60. The molecular weight excluding hydrogens is 323 g/mol. The van der Waals surface area contributed by atoms with Crippen molar-refractivity contribution in [1.82, 2.24) is 19.7 Å². The van der Waals surface area contributed by atoms with Crippen molar-refractivity contribution in [1.29, 1.82) is 0 Å². The maximum absolute atomic E-state index is 13.4. The molecule has 0 aliphatic heterocycles. The van der Waals surface area contributed by atoms with Gasteiger partial charge in [-0.2, -0.15) is 14.5 Å². The van der Waals surface area contributed by atoms with Gasteiger partial charge in [0.2, 0.25) is 5.95 Å². The zero-order valence-corrected chi connectivity index (χ0v) is 11.2. The molecule has 0 unspecified atom stereocenters. The molecule has 0 saturated carbocycles. The Morgan fingerprint density at radius 1 is 1.28 bits per heavy atom. The third-order valence-electron chi connectivity index (χ3n) is 2.42. The van der Waals surface area contributed by atoms with Crippen LogP contribution in [0, 0.1) is 5.95 Å². The fraction of sp³-hybridized carbons (Fsp3) is 0. The highest BCUT2D eigenvalue weighted by atomic mass is 79.9. The number of nitrogens with zero attached hydrogens (tertiary/aromatic N) is 4. The first-order chi connectivity index (χ1) is 8.65. The smallest absolute Gasteiger partial charge is 0.229 e. The minimum absolute atomic E-state index is 0.308. The predicted octanol–water partition coefficient (Wildman–Crippen LogP) is 3.37. The lowest BCUT2D eigenvalue weighted by Gasteiger charge is -2.03. The molecule has 3 heterocycles. The molecule has 4 nitrogen and oxygen atoms in total. The Kier molecular flexibility index (Phi) is 2.76. The molecule has 0 spiro atoms. The van der Waals surface area contributed by atoms with Gasteiger partial charge in [-0.3, -0.25) is 0 Å². The van der Waals surface area contributed by atoms with Crippen LogP contribution in [0.5, 0.6) is 0 Å².